The van der Waals surface area contributed by atoms with Gasteiger partial charge in [0.1, 0.15) is 5.41 Å². The van der Waals surface area contributed by atoms with Crippen molar-refractivity contribution in [2.45, 2.75) is 63.4 Å². The number of carbonyl (C=O) groups excluding carboxylic acids is 2. The van der Waals surface area contributed by atoms with Gasteiger partial charge in [0.2, 0.25) is 0 Å². The normalized spacial score (nSPS) is 59.5. The maximum Gasteiger partial charge on any atom is 0.172 e. The third-order valence-corrected chi connectivity index (χ3v) is 8.84. The minimum Gasteiger partial charge on any atom is -0.393 e. The van der Waals surface area contributed by atoms with Crippen LogP contribution < -0.4 is 0 Å². The van der Waals surface area contributed by atoms with Gasteiger partial charge in [-0.2, -0.15) is 0 Å². The third-order valence-electron chi connectivity index (χ3n) is 8.84. The Morgan fingerprint density at radius 1 is 1.12 bits per heavy atom. The summed E-state index contributed by atoms with van der Waals surface area (Å²) in [5, 5.41) is 45.0. The van der Waals surface area contributed by atoms with Crippen LogP contribution in [0.1, 0.15) is 39.5 Å². The number of Topliss-reactive ketones (excluding diaryl/α,β-unsaturated/α-hetero) is 2. The largest absolute Gasteiger partial charge is 0.393 e. The van der Waals surface area contributed by atoms with Crippen molar-refractivity contribution >= 4 is 11.6 Å². The van der Waals surface area contributed by atoms with Crippen LogP contribution in [0.2, 0.25) is 0 Å². The van der Waals surface area contributed by atoms with Crippen LogP contribution in [0.25, 0.3) is 0 Å². The van der Waals surface area contributed by atoms with Crippen LogP contribution in [0.15, 0.2) is 12.2 Å². The van der Waals surface area contributed by atoms with E-state index in [1.54, 1.807) is 0 Å². The van der Waals surface area contributed by atoms with Gasteiger partial charge < -0.3 is 20.4 Å². The van der Waals surface area contributed by atoms with Gasteiger partial charge in [-0.05, 0) is 30.3 Å². The van der Waals surface area contributed by atoms with Gasteiger partial charge in [0.05, 0.1) is 18.3 Å². The Hall–Kier alpha value is -1.08. The zero-order valence-corrected chi connectivity index (χ0v) is 15.1. The minimum atomic E-state index is -2.36. The topological polar surface area (TPSA) is 115 Å². The molecule has 0 aromatic carbocycles. The molecule has 0 aromatic heterocycles. The van der Waals surface area contributed by atoms with E-state index >= 15 is 0 Å². The molecule has 5 fully saturated rings. The maximum atomic E-state index is 13.5. The Balaban J connectivity index is 1.86. The summed E-state index contributed by atoms with van der Waals surface area (Å²) in [5.41, 5.74) is -5.61. The van der Waals surface area contributed by atoms with Crippen LogP contribution in [0.5, 0.6) is 0 Å². The molecular weight excluding hydrogens is 336 g/mol. The number of carbonyl (C=O) groups is 2. The van der Waals surface area contributed by atoms with Crippen molar-refractivity contribution < 1.29 is 30.0 Å². The molecule has 0 heterocycles. The van der Waals surface area contributed by atoms with E-state index < -0.39 is 69.5 Å². The maximum absolute atomic E-state index is 13.5. The molecule has 4 bridgehead atoms. The highest BCUT2D eigenvalue weighted by Gasteiger charge is 2.93. The number of ketones is 2. The van der Waals surface area contributed by atoms with Crippen molar-refractivity contribution in [1.82, 2.24) is 0 Å². The Kier molecular flexibility index (Phi) is 2.83. The Morgan fingerprint density at radius 3 is 2.42 bits per heavy atom. The number of fused-ring (bicyclic) bond motifs is 2. The number of rotatable bonds is 0. The van der Waals surface area contributed by atoms with E-state index in [1.807, 2.05) is 13.8 Å². The van der Waals surface area contributed by atoms with Crippen molar-refractivity contribution in [3.63, 3.8) is 0 Å². The molecule has 0 aromatic rings. The molecule has 0 saturated heterocycles. The molecule has 0 aliphatic heterocycles. The molecule has 0 radical (unpaired) electrons. The molecule has 5 saturated carbocycles. The van der Waals surface area contributed by atoms with Crippen LogP contribution in [-0.4, -0.2) is 55.9 Å². The lowest BCUT2D eigenvalue weighted by Gasteiger charge is -2.59. The van der Waals surface area contributed by atoms with Crippen LogP contribution in [-0.2, 0) is 9.59 Å². The molecule has 5 aliphatic rings. The predicted molar refractivity (Wildman–Crippen MR) is 89.7 cm³/mol. The molecule has 0 amide bonds. The van der Waals surface area contributed by atoms with Crippen molar-refractivity contribution in [2.75, 3.05) is 0 Å². The lowest BCUT2D eigenvalue weighted by atomic mass is 9.44. The molecule has 0 unspecified atom stereocenters. The standard InChI is InChI=1S/C20H26O6/c1-8-9-7-10(21)11-18-6-4-5-17(2,3)12(18)15(24)20(26,16(18)25)19(11,13(8)22)14(9)23/h9-12,14,16,21,23,25-26H,1,4-7H2,2-3H3/t9-,10-,11-,12+,14+,16-,18+,19-,20+/m0/s1. The average molecular weight is 362 g/mol. The van der Waals surface area contributed by atoms with Crippen molar-refractivity contribution in [3.05, 3.63) is 12.2 Å². The highest BCUT2D eigenvalue weighted by atomic mass is 16.4. The lowest BCUT2D eigenvalue weighted by Crippen LogP contribution is -2.70. The predicted octanol–water partition coefficient (Wildman–Crippen LogP) is -0.0294. The third kappa shape index (κ3) is 1.25. The Labute approximate surface area is 151 Å². The van der Waals surface area contributed by atoms with E-state index in [4.69, 9.17) is 0 Å². The second kappa shape index (κ2) is 4.32. The van der Waals surface area contributed by atoms with Gasteiger partial charge in [0.25, 0.3) is 0 Å². The van der Waals surface area contributed by atoms with E-state index in [0.29, 0.717) is 6.42 Å². The first-order valence-electron chi connectivity index (χ1n) is 9.55. The lowest BCUT2D eigenvalue weighted by molar-refractivity contribution is -0.217. The SMILES string of the molecule is C=C1C(=O)[C@]23[C@H](O)[C@H]1C[C@H](O)[C@H]2[C@]12CCCC(C)(C)[C@H]1C(=O)[C@@]3(O)[C@H]2O. The summed E-state index contributed by atoms with van der Waals surface area (Å²) in [5.74, 6) is -3.25. The second-order valence-corrected chi connectivity index (χ2v) is 9.98. The molecule has 6 heteroatoms. The molecule has 5 rings (SSSR count). The molecule has 142 valence electrons. The number of hydrogen-bond donors (Lipinski definition) is 4. The van der Waals surface area contributed by atoms with Gasteiger partial charge in [0.15, 0.2) is 17.2 Å². The van der Waals surface area contributed by atoms with Crippen molar-refractivity contribution in [1.29, 1.82) is 0 Å². The molecule has 6 nitrogen and oxygen atoms in total. The zero-order chi connectivity index (χ0) is 19.0. The summed E-state index contributed by atoms with van der Waals surface area (Å²) >= 11 is 0. The summed E-state index contributed by atoms with van der Waals surface area (Å²) in [6, 6.07) is 0. The monoisotopic (exact) mass is 362 g/mol. The molecule has 9 atom stereocenters. The highest BCUT2D eigenvalue weighted by Crippen LogP contribution is 2.80. The molecular formula is C20H26O6. The van der Waals surface area contributed by atoms with Crippen LogP contribution in [0.4, 0.5) is 0 Å². The van der Waals surface area contributed by atoms with Crippen molar-refractivity contribution in [2.24, 2.45) is 34.0 Å². The molecule has 2 spiro atoms. The van der Waals surface area contributed by atoms with Gasteiger partial charge in [-0.25, -0.2) is 0 Å². The van der Waals surface area contributed by atoms with Crippen LogP contribution in [0, 0.1) is 34.0 Å². The summed E-state index contributed by atoms with van der Waals surface area (Å²) in [6.07, 6.45) is -1.60. The summed E-state index contributed by atoms with van der Waals surface area (Å²) in [6.45, 7) is 7.68. The first kappa shape index (κ1) is 17.0. The van der Waals surface area contributed by atoms with Gasteiger partial charge in [-0.3, -0.25) is 9.59 Å². The summed E-state index contributed by atoms with van der Waals surface area (Å²) < 4.78 is 0. The summed E-state index contributed by atoms with van der Waals surface area (Å²) in [7, 11) is 0. The average Bonchev–Trinajstić information content (AvgIpc) is 2.90. The Bertz CT molecular complexity index is 772. The minimum absolute atomic E-state index is 0.156. The Morgan fingerprint density at radius 2 is 1.77 bits per heavy atom. The van der Waals surface area contributed by atoms with Crippen LogP contribution in [0.3, 0.4) is 0 Å². The highest BCUT2D eigenvalue weighted by molar-refractivity contribution is 6.12. The number of hydrogen-bond acceptors (Lipinski definition) is 6. The quantitative estimate of drug-likeness (QED) is 0.450. The van der Waals surface area contributed by atoms with E-state index in [0.717, 1.165) is 12.8 Å². The number of aliphatic hydroxyl groups excluding tert-OH is 3. The fourth-order valence-corrected chi connectivity index (χ4v) is 8.23. The van der Waals surface area contributed by atoms with Crippen molar-refractivity contribution in [3.8, 4) is 0 Å². The van der Waals surface area contributed by atoms with Crippen LogP contribution >= 0.6 is 0 Å². The van der Waals surface area contributed by atoms with Gasteiger partial charge >= 0.3 is 0 Å². The van der Waals surface area contributed by atoms with E-state index in [1.165, 1.54) is 0 Å². The van der Waals surface area contributed by atoms with Gasteiger partial charge in [-0.15, -0.1) is 0 Å². The number of aliphatic hydroxyl groups is 4. The molecule has 26 heavy (non-hydrogen) atoms. The molecule has 5 aliphatic carbocycles. The smallest absolute Gasteiger partial charge is 0.172 e. The van der Waals surface area contributed by atoms with Gasteiger partial charge in [-0.1, -0.05) is 26.8 Å². The first-order chi connectivity index (χ1) is 12.0. The summed E-state index contributed by atoms with van der Waals surface area (Å²) in [4.78, 5) is 26.8. The fourth-order valence-electron chi connectivity index (χ4n) is 8.23. The first-order valence-corrected chi connectivity index (χ1v) is 9.55. The second-order valence-electron chi connectivity index (χ2n) is 9.98. The van der Waals surface area contributed by atoms with E-state index in [9.17, 15) is 30.0 Å². The van der Waals surface area contributed by atoms with Gasteiger partial charge in [0, 0.05) is 23.2 Å². The molecule has 4 N–H and O–H groups in total. The van der Waals surface area contributed by atoms with E-state index in [2.05, 4.69) is 6.58 Å². The zero-order valence-electron chi connectivity index (χ0n) is 15.1. The van der Waals surface area contributed by atoms with E-state index in [-0.39, 0.29) is 12.0 Å². The fraction of sp³-hybridized carbons (Fsp3) is 0.800.